The van der Waals surface area contributed by atoms with E-state index in [0.717, 1.165) is 19.7 Å². The predicted octanol–water partition coefficient (Wildman–Crippen LogP) is 1.34. The van der Waals surface area contributed by atoms with E-state index in [1.807, 2.05) is 27.7 Å². The topological polar surface area (TPSA) is 47.6 Å². The fraction of sp³-hybridized carbons (Fsp3) is 0.909. The Morgan fingerprint density at radius 2 is 2.13 bits per heavy atom. The SMILES string of the molecule is CC(C)(C)OC=O.CCO[C@@H]1CCNC1. The number of rotatable bonds is 3. The van der Waals surface area contributed by atoms with E-state index in [-0.39, 0.29) is 5.60 Å². The van der Waals surface area contributed by atoms with Crippen LogP contribution in [0.25, 0.3) is 0 Å². The van der Waals surface area contributed by atoms with Crippen molar-refractivity contribution < 1.29 is 14.3 Å². The van der Waals surface area contributed by atoms with Crippen LogP contribution >= 0.6 is 0 Å². The standard InChI is InChI=1S/C6H13NO.C5H10O2/c1-2-8-6-3-4-7-5-6;1-5(2,3)7-4-6/h6-7H,2-5H2,1H3;4H,1-3H3/t6-;/m1./s1. The van der Waals surface area contributed by atoms with Crippen molar-refractivity contribution in [2.45, 2.75) is 45.8 Å². The minimum Gasteiger partial charge on any atom is -0.462 e. The summed E-state index contributed by atoms with van der Waals surface area (Å²) < 4.78 is 9.89. The molecule has 0 aromatic rings. The van der Waals surface area contributed by atoms with E-state index in [0.29, 0.717) is 12.6 Å². The Balaban J connectivity index is 0.000000265. The Hall–Kier alpha value is -0.610. The molecular formula is C11H23NO3. The normalized spacial score (nSPS) is 20.4. The number of hydrogen-bond acceptors (Lipinski definition) is 4. The molecule has 0 unspecified atom stereocenters. The first-order valence-electron chi connectivity index (χ1n) is 5.43. The molecule has 0 aliphatic carbocycles. The summed E-state index contributed by atoms with van der Waals surface area (Å²) in [6.45, 7) is 11.0. The van der Waals surface area contributed by atoms with Crippen LogP contribution in [0, 0.1) is 0 Å². The summed E-state index contributed by atoms with van der Waals surface area (Å²) in [4.78, 5) is 9.60. The van der Waals surface area contributed by atoms with Gasteiger partial charge in [-0.25, -0.2) is 0 Å². The predicted molar refractivity (Wildman–Crippen MR) is 59.8 cm³/mol. The molecule has 0 spiro atoms. The fourth-order valence-electron chi connectivity index (χ4n) is 1.15. The van der Waals surface area contributed by atoms with E-state index in [9.17, 15) is 4.79 Å². The van der Waals surface area contributed by atoms with Gasteiger partial charge in [-0.2, -0.15) is 0 Å². The maximum absolute atomic E-state index is 9.60. The quantitative estimate of drug-likeness (QED) is 0.725. The molecule has 1 aliphatic rings. The van der Waals surface area contributed by atoms with Crippen LogP contribution < -0.4 is 5.32 Å². The van der Waals surface area contributed by atoms with E-state index in [4.69, 9.17) is 4.74 Å². The zero-order chi connectivity index (χ0) is 11.7. The molecule has 90 valence electrons. The highest BCUT2D eigenvalue weighted by molar-refractivity contribution is 5.37. The molecule has 1 atom stereocenters. The molecule has 1 fully saturated rings. The van der Waals surface area contributed by atoms with Gasteiger partial charge in [0.25, 0.3) is 6.47 Å². The van der Waals surface area contributed by atoms with Gasteiger partial charge in [0, 0.05) is 13.2 Å². The lowest BCUT2D eigenvalue weighted by molar-refractivity contribution is -0.138. The smallest absolute Gasteiger partial charge is 0.293 e. The molecule has 0 aromatic heterocycles. The third kappa shape index (κ3) is 9.69. The van der Waals surface area contributed by atoms with Gasteiger partial charge in [0.1, 0.15) is 5.60 Å². The Labute approximate surface area is 92.3 Å². The molecule has 0 radical (unpaired) electrons. The number of carbonyl (C=O) groups is 1. The zero-order valence-corrected chi connectivity index (χ0v) is 10.2. The van der Waals surface area contributed by atoms with Crippen LogP contribution in [0.3, 0.4) is 0 Å². The first kappa shape index (κ1) is 14.4. The van der Waals surface area contributed by atoms with Gasteiger partial charge in [0.05, 0.1) is 6.10 Å². The Morgan fingerprint density at radius 1 is 1.47 bits per heavy atom. The summed E-state index contributed by atoms with van der Waals surface area (Å²) in [6.07, 6.45) is 1.69. The van der Waals surface area contributed by atoms with E-state index >= 15 is 0 Å². The molecule has 0 aromatic carbocycles. The van der Waals surface area contributed by atoms with E-state index in [1.54, 1.807) is 0 Å². The Bertz CT molecular complexity index is 160. The average Bonchev–Trinajstić information content (AvgIpc) is 2.56. The molecule has 4 nitrogen and oxygen atoms in total. The van der Waals surface area contributed by atoms with Crippen molar-refractivity contribution in [3.05, 3.63) is 0 Å². The van der Waals surface area contributed by atoms with Crippen LogP contribution in [0.4, 0.5) is 0 Å². The van der Waals surface area contributed by atoms with Crippen LogP contribution in [-0.4, -0.2) is 37.9 Å². The number of hydrogen-bond donors (Lipinski definition) is 1. The molecule has 1 aliphatic heterocycles. The number of carbonyl (C=O) groups excluding carboxylic acids is 1. The van der Waals surface area contributed by atoms with Crippen molar-refractivity contribution in [2.24, 2.45) is 0 Å². The molecule has 1 N–H and O–H groups in total. The molecule has 0 bridgehead atoms. The molecular weight excluding hydrogens is 194 g/mol. The lowest BCUT2D eigenvalue weighted by Crippen LogP contribution is -2.17. The van der Waals surface area contributed by atoms with Gasteiger partial charge in [0.2, 0.25) is 0 Å². The first-order valence-corrected chi connectivity index (χ1v) is 5.43. The molecule has 1 rings (SSSR count). The second-order valence-corrected chi connectivity index (χ2v) is 4.40. The monoisotopic (exact) mass is 217 g/mol. The summed E-state index contributed by atoms with van der Waals surface area (Å²) >= 11 is 0. The van der Waals surface area contributed by atoms with E-state index in [2.05, 4.69) is 10.1 Å². The van der Waals surface area contributed by atoms with Gasteiger partial charge < -0.3 is 14.8 Å². The highest BCUT2D eigenvalue weighted by Gasteiger charge is 2.12. The summed E-state index contributed by atoms with van der Waals surface area (Å²) in [5.41, 5.74) is -0.318. The first-order chi connectivity index (χ1) is 6.99. The van der Waals surface area contributed by atoms with Gasteiger partial charge in [0.15, 0.2) is 0 Å². The van der Waals surface area contributed by atoms with Gasteiger partial charge in [-0.15, -0.1) is 0 Å². The maximum Gasteiger partial charge on any atom is 0.293 e. The van der Waals surface area contributed by atoms with Crippen molar-refractivity contribution in [3.63, 3.8) is 0 Å². The van der Waals surface area contributed by atoms with Gasteiger partial charge in [-0.1, -0.05) is 0 Å². The molecule has 0 amide bonds. The average molecular weight is 217 g/mol. The van der Waals surface area contributed by atoms with Crippen LogP contribution in [0.15, 0.2) is 0 Å². The fourth-order valence-corrected chi connectivity index (χ4v) is 1.15. The largest absolute Gasteiger partial charge is 0.462 e. The van der Waals surface area contributed by atoms with E-state index in [1.165, 1.54) is 6.42 Å². The molecule has 1 saturated heterocycles. The van der Waals surface area contributed by atoms with Crippen molar-refractivity contribution in [3.8, 4) is 0 Å². The maximum atomic E-state index is 9.60. The Morgan fingerprint density at radius 3 is 2.40 bits per heavy atom. The zero-order valence-electron chi connectivity index (χ0n) is 10.2. The van der Waals surface area contributed by atoms with Gasteiger partial charge >= 0.3 is 0 Å². The Kier molecular flexibility index (Phi) is 7.34. The van der Waals surface area contributed by atoms with Gasteiger partial charge in [-0.3, -0.25) is 4.79 Å². The van der Waals surface area contributed by atoms with Crippen LogP contribution in [0.1, 0.15) is 34.1 Å². The second-order valence-electron chi connectivity index (χ2n) is 4.40. The third-order valence-corrected chi connectivity index (χ3v) is 1.82. The summed E-state index contributed by atoms with van der Waals surface area (Å²) in [5, 5.41) is 3.23. The minimum absolute atomic E-state index is 0.318. The van der Waals surface area contributed by atoms with Crippen molar-refractivity contribution >= 4 is 6.47 Å². The molecule has 0 saturated carbocycles. The van der Waals surface area contributed by atoms with Crippen molar-refractivity contribution in [2.75, 3.05) is 19.7 Å². The highest BCUT2D eigenvalue weighted by atomic mass is 16.5. The summed E-state index contributed by atoms with van der Waals surface area (Å²) in [6, 6.07) is 0. The molecule has 4 heteroatoms. The molecule has 15 heavy (non-hydrogen) atoms. The van der Waals surface area contributed by atoms with E-state index < -0.39 is 0 Å². The van der Waals surface area contributed by atoms with Crippen LogP contribution in [-0.2, 0) is 14.3 Å². The highest BCUT2D eigenvalue weighted by Crippen LogP contribution is 2.02. The minimum atomic E-state index is -0.318. The van der Waals surface area contributed by atoms with Crippen molar-refractivity contribution in [1.82, 2.24) is 5.32 Å². The summed E-state index contributed by atoms with van der Waals surface area (Å²) in [7, 11) is 0. The molecule has 1 heterocycles. The number of ether oxygens (including phenoxy) is 2. The third-order valence-electron chi connectivity index (χ3n) is 1.82. The summed E-state index contributed by atoms with van der Waals surface area (Å²) in [5.74, 6) is 0. The lowest BCUT2D eigenvalue weighted by Gasteiger charge is -2.14. The van der Waals surface area contributed by atoms with Crippen molar-refractivity contribution in [1.29, 1.82) is 0 Å². The van der Waals surface area contributed by atoms with Crippen LogP contribution in [0.2, 0.25) is 0 Å². The van der Waals surface area contributed by atoms with Crippen LogP contribution in [0.5, 0.6) is 0 Å². The number of nitrogens with one attached hydrogen (secondary N) is 1. The van der Waals surface area contributed by atoms with Gasteiger partial charge in [-0.05, 0) is 40.7 Å². The second kappa shape index (κ2) is 7.65. The lowest BCUT2D eigenvalue weighted by atomic mass is 10.2.